The van der Waals surface area contributed by atoms with Crippen molar-refractivity contribution in [3.63, 3.8) is 0 Å². The predicted octanol–water partition coefficient (Wildman–Crippen LogP) is 3.26. The Labute approximate surface area is 206 Å². The van der Waals surface area contributed by atoms with E-state index in [9.17, 15) is 14.4 Å². The maximum absolute atomic E-state index is 13.1. The summed E-state index contributed by atoms with van der Waals surface area (Å²) < 4.78 is 10.0. The molecular formula is C24H27N5O5S. The van der Waals surface area contributed by atoms with Gasteiger partial charge in [-0.15, -0.1) is 11.3 Å². The number of carbonyl (C=O) groups is 3. The van der Waals surface area contributed by atoms with Crippen LogP contribution < -0.4 is 0 Å². The van der Waals surface area contributed by atoms with E-state index in [2.05, 4.69) is 15.3 Å². The molecule has 5 rings (SSSR count). The van der Waals surface area contributed by atoms with Crippen LogP contribution in [0.4, 0.5) is 0 Å². The molecule has 0 N–H and O–H groups in total. The zero-order valence-corrected chi connectivity index (χ0v) is 20.5. The molecule has 35 heavy (non-hydrogen) atoms. The number of likely N-dealkylation sites (tertiary alicyclic amines) is 2. The lowest BCUT2D eigenvalue weighted by molar-refractivity contribution is -0.152. The maximum Gasteiger partial charge on any atom is 0.329 e. The lowest BCUT2D eigenvalue weighted by atomic mass is 9.97. The van der Waals surface area contributed by atoms with Gasteiger partial charge in [0.25, 0.3) is 11.8 Å². The number of rotatable bonds is 5. The Balaban J connectivity index is 1.20. The zero-order chi connectivity index (χ0) is 24.5. The Hall–Kier alpha value is -3.34. The molecule has 1 unspecified atom stereocenters. The fraction of sp³-hybridized carbons (Fsp3) is 0.500. The van der Waals surface area contributed by atoms with Crippen LogP contribution in [0.25, 0.3) is 11.0 Å². The maximum atomic E-state index is 13.1. The van der Waals surface area contributed by atoms with Crippen LogP contribution in [0.15, 0.2) is 28.2 Å². The normalized spacial score (nSPS) is 19.0. The minimum Gasteiger partial charge on any atom is -0.461 e. The van der Waals surface area contributed by atoms with Gasteiger partial charge in [0.05, 0.1) is 11.1 Å². The van der Waals surface area contributed by atoms with Crippen molar-refractivity contribution in [1.82, 2.24) is 25.1 Å². The molecule has 0 spiro atoms. The Morgan fingerprint density at radius 2 is 1.83 bits per heavy atom. The summed E-state index contributed by atoms with van der Waals surface area (Å²) in [4.78, 5) is 46.5. The number of amides is 2. The van der Waals surface area contributed by atoms with Gasteiger partial charge in [-0.2, -0.15) is 0 Å². The van der Waals surface area contributed by atoms with Crippen molar-refractivity contribution >= 4 is 40.2 Å². The summed E-state index contributed by atoms with van der Waals surface area (Å²) in [7, 11) is 0. The highest BCUT2D eigenvalue weighted by atomic mass is 32.1. The number of piperidine rings is 1. The topological polar surface area (TPSA) is 119 Å². The molecule has 2 amide bonds. The van der Waals surface area contributed by atoms with E-state index < -0.39 is 6.04 Å². The van der Waals surface area contributed by atoms with Crippen molar-refractivity contribution in [2.24, 2.45) is 0 Å². The summed E-state index contributed by atoms with van der Waals surface area (Å²) in [5.41, 5.74) is 2.11. The van der Waals surface area contributed by atoms with Gasteiger partial charge in [-0.05, 0) is 68.0 Å². The Morgan fingerprint density at radius 1 is 1.06 bits per heavy atom. The SMILES string of the molecule is CC(C)OC(=O)C1CCCN1C(=O)c1csc(C2CCN(C(=O)c3ccc4nonc4c3)CC2)n1. The number of nitrogens with zero attached hydrogens (tertiary/aromatic N) is 5. The average molecular weight is 498 g/mol. The molecular weight excluding hydrogens is 470 g/mol. The van der Waals surface area contributed by atoms with Crippen molar-refractivity contribution in [2.75, 3.05) is 19.6 Å². The summed E-state index contributed by atoms with van der Waals surface area (Å²) in [6.45, 7) is 5.35. The van der Waals surface area contributed by atoms with Gasteiger partial charge < -0.3 is 14.5 Å². The lowest BCUT2D eigenvalue weighted by Crippen LogP contribution is -2.42. The third kappa shape index (κ3) is 4.77. The van der Waals surface area contributed by atoms with Gasteiger partial charge in [0.15, 0.2) is 0 Å². The molecule has 184 valence electrons. The first-order chi connectivity index (χ1) is 16.9. The first-order valence-corrected chi connectivity index (χ1v) is 12.8. The Kier molecular flexibility index (Phi) is 6.50. The lowest BCUT2D eigenvalue weighted by Gasteiger charge is -2.31. The second-order valence-corrected chi connectivity index (χ2v) is 10.1. The van der Waals surface area contributed by atoms with Crippen LogP contribution in [-0.2, 0) is 9.53 Å². The number of hydrogen-bond donors (Lipinski definition) is 0. The number of thiazole rings is 1. The molecule has 2 fully saturated rings. The summed E-state index contributed by atoms with van der Waals surface area (Å²) in [6.07, 6.45) is 2.71. The highest BCUT2D eigenvalue weighted by Crippen LogP contribution is 2.32. The van der Waals surface area contributed by atoms with E-state index in [-0.39, 0.29) is 29.8 Å². The average Bonchev–Trinajstić information content (AvgIpc) is 3.63. The molecule has 2 saturated heterocycles. The molecule has 1 atom stereocenters. The monoisotopic (exact) mass is 497 g/mol. The minimum atomic E-state index is -0.545. The van der Waals surface area contributed by atoms with Crippen LogP contribution in [0.2, 0.25) is 0 Å². The van der Waals surface area contributed by atoms with Crippen molar-refractivity contribution in [2.45, 2.75) is 57.6 Å². The minimum absolute atomic E-state index is 0.0447. The largest absolute Gasteiger partial charge is 0.461 e. The summed E-state index contributed by atoms with van der Waals surface area (Å²) >= 11 is 1.47. The van der Waals surface area contributed by atoms with Gasteiger partial charge in [-0.3, -0.25) is 9.59 Å². The second-order valence-electron chi connectivity index (χ2n) is 9.25. The molecule has 4 heterocycles. The second kappa shape index (κ2) is 9.73. The molecule has 0 bridgehead atoms. The van der Waals surface area contributed by atoms with E-state index in [4.69, 9.17) is 9.37 Å². The van der Waals surface area contributed by atoms with Gasteiger partial charge in [-0.25, -0.2) is 14.4 Å². The molecule has 1 aromatic carbocycles. The Morgan fingerprint density at radius 3 is 2.60 bits per heavy atom. The standard InChI is InChI=1S/C24H27N5O5S/c1-14(2)33-24(32)20-4-3-9-29(20)23(31)19-13-35-21(25-19)15-7-10-28(11-8-15)22(30)16-5-6-17-18(12-16)27-34-26-17/h5-6,12-15,20H,3-4,7-11H2,1-2H3. The highest BCUT2D eigenvalue weighted by Gasteiger charge is 2.37. The summed E-state index contributed by atoms with van der Waals surface area (Å²) in [6, 6.07) is 4.62. The zero-order valence-electron chi connectivity index (χ0n) is 19.7. The van der Waals surface area contributed by atoms with Crippen molar-refractivity contribution in [1.29, 1.82) is 0 Å². The van der Waals surface area contributed by atoms with Gasteiger partial charge in [0.1, 0.15) is 22.8 Å². The van der Waals surface area contributed by atoms with E-state index in [1.165, 1.54) is 11.3 Å². The first kappa shape index (κ1) is 23.4. The third-order valence-electron chi connectivity index (χ3n) is 6.51. The number of benzene rings is 1. The van der Waals surface area contributed by atoms with Gasteiger partial charge in [-0.1, -0.05) is 0 Å². The quantitative estimate of drug-likeness (QED) is 0.493. The number of aromatic nitrogens is 3. The summed E-state index contributed by atoms with van der Waals surface area (Å²) in [5.74, 6) is -0.428. The van der Waals surface area contributed by atoms with Gasteiger partial charge >= 0.3 is 5.97 Å². The van der Waals surface area contributed by atoms with Crippen LogP contribution in [0.1, 0.15) is 71.3 Å². The van der Waals surface area contributed by atoms with E-state index in [1.54, 1.807) is 42.3 Å². The van der Waals surface area contributed by atoms with Crippen molar-refractivity contribution in [3.8, 4) is 0 Å². The fourth-order valence-electron chi connectivity index (χ4n) is 4.71. The number of fused-ring (bicyclic) bond motifs is 1. The van der Waals surface area contributed by atoms with E-state index >= 15 is 0 Å². The van der Waals surface area contributed by atoms with E-state index in [0.29, 0.717) is 48.3 Å². The van der Waals surface area contributed by atoms with Gasteiger partial charge in [0, 0.05) is 36.5 Å². The van der Waals surface area contributed by atoms with Crippen LogP contribution in [0.3, 0.4) is 0 Å². The molecule has 3 aromatic rings. The molecule has 2 aliphatic heterocycles. The molecule has 2 aromatic heterocycles. The Bertz CT molecular complexity index is 1250. The number of carbonyl (C=O) groups excluding carboxylic acids is 3. The van der Waals surface area contributed by atoms with Crippen molar-refractivity contribution in [3.05, 3.63) is 39.8 Å². The molecule has 2 aliphatic rings. The molecule has 0 radical (unpaired) electrons. The first-order valence-electron chi connectivity index (χ1n) is 11.9. The van der Waals surface area contributed by atoms with Crippen LogP contribution >= 0.6 is 11.3 Å². The van der Waals surface area contributed by atoms with Crippen molar-refractivity contribution < 1.29 is 23.7 Å². The van der Waals surface area contributed by atoms with E-state index in [0.717, 1.165) is 24.3 Å². The van der Waals surface area contributed by atoms with Gasteiger partial charge in [0.2, 0.25) is 0 Å². The molecule has 11 heteroatoms. The number of esters is 1. The molecule has 0 aliphatic carbocycles. The number of hydrogen-bond acceptors (Lipinski definition) is 9. The van der Waals surface area contributed by atoms with Crippen LogP contribution in [0, 0.1) is 0 Å². The van der Waals surface area contributed by atoms with Crippen LogP contribution in [-0.4, -0.2) is 74.7 Å². The smallest absolute Gasteiger partial charge is 0.329 e. The van der Waals surface area contributed by atoms with E-state index in [1.807, 2.05) is 4.90 Å². The fourth-order valence-corrected chi connectivity index (χ4v) is 5.68. The predicted molar refractivity (Wildman–Crippen MR) is 127 cm³/mol. The third-order valence-corrected chi connectivity index (χ3v) is 7.52. The summed E-state index contributed by atoms with van der Waals surface area (Å²) in [5, 5.41) is 10.3. The number of ether oxygens (including phenoxy) is 1. The molecule has 0 saturated carbocycles. The highest BCUT2D eigenvalue weighted by molar-refractivity contribution is 7.09. The molecule has 10 nitrogen and oxygen atoms in total. The van der Waals surface area contributed by atoms with Crippen LogP contribution in [0.5, 0.6) is 0 Å².